The Morgan fingerprint density at radius 2 is 2.17 bits per heavy atom. The van der Waals surface area contributed by atoms with Gasteiger partial charge in [-0.15, -0.1) is 0 Å². The van der Waals surface area contributed by atoms with Gasteiger partial charge in [0, 0.05) is 6.54 Å². The van der Waals surface area contributed by atoms with Crippen LogP contribution in [0, 0.1) is 0 Å². The average Bonchev–Trinajstić information content (AvgIpc) is 2.89. The number of hydrogen-bond donors (Lipinski definition) is 2. The summed E-state index contributed by atoms with van der Waals surface area (Å²) in [5.41, 5.74) is 6.24. The maximum absolute atomic E-state index is 5.76. The van der Waals surface area contributed by atoms with Gasteiger partial charge in [-0.1, -0.05) is 12.8 Å². The van der Waals surface area contributed by atoms with Crippen LogP contribution in [0.3, 0.4) is 0 Å². The Kier molecular flexibility index (Phi) is 4.64. The van der Waals surface area contributed by atoms with E-state index in [0.717, 1.165) is 12.4 Å². The molecule has 2 rings (SSSR count). The van der Waals surface area contributed by atoms with E-state index in [9.17, 15) is 0 Å². The maximum Gasteiger partial charge on any atom is 0.238 e. The third kappa shape index (κ3) is 3.50. The summed E-state index contributed by atoms with van der Waals surface area (Å²) in [5, 5.41) is 3.20. The van der Waals surface area contributed by atoms with Gasteiger partial charge in [0.05, 0.1) is 25.5 Å². The first-order valence-corrected chi connectivity index (χ1v) is 6.45. The van der Waals surface area contributed by atoms with E-state index in [2.05, 4.69) is 10.3 Å². The van der Waals surface area contributed by atoms with Crippen LogP contribution in [-0.2, 0) is 4.74 Å². The number of aromatic nitrogens is 1. The van der Waals surface area contributed by atoms with Crippen molar-refractivity contribution in [2.24, 2.45) is 0 Å². The summed E-state index contributed by atoms with van der Waals surface area (Å²) in [4.78, 5) is 4.25. The molecule has 0 aliphatic heterocycles. The highest BCUT2D eigenvalue weighted by Crippen LogP contribution is 2.21. The predicted molar refractivity (Wildman–Crippen MR) is 71.9 cm³/mol. The molecule has 18 heavy (non-hydrogen) atoms. The molecule has 5 nitrogen and oxygen atoms in total. The predicted octanol–water partition coefficient (Wildman–Crippen LogP) is 2.04. The lowest BCUT2D eigenvalue weighted by atomic mass is 10.3. The first-order chi connectivity index (χ1) is 8.79. The third-order valence-corrected chi connectivity index (χ3v) is 3.15. The van der Waals surface area contributed by atoms with E-state index in [1.807, 2.05) is 6.07 Å². The van der Waals surface area contributed by atoms with E-state index < -0.39 is 0 Å². The molecule has 100 valence electrons. The molecule has 1 heterocycles. The van der Waals surface area contributed by atoms with Gasteiger partial charge in [0.2, 0.25) is 5.88 Å². The summed E-state index contributed by atoms with van der Waals surface area (Å²) in [6, 6.07) is 3.62. The van der Waals surface area contributed by atoms with Gasteiger partial charge < -0.3 is 20.5 Å². The highest BCUT2D eigenvalue weighted by Gasteiger charge is 2.14. The lowest BCUT2D eigenvalue weighted by molar-refractivity contribution is 0.0658. The summed E-state index contributed by atoms with van der Waals surface area (Å²) >= 11 is 0. The molecule has 1 fully saturated rings. The fourth-order valence-electron chi connectivity index (χ4n) is 2.17. The van der Waals surface area contributed by atoms with Gasteiger partial charge >= 0.3 is 0 Å². The lowest BCUT2D eigenvalue weighted by Crippen LogP contribution is -2.16. The fourth-order valence-corrected chi connectivity index (χ4v) is 2.17. The second kappa shape index (κ2) is 6.44. The van der Waals surface area contributed by atoms with Crippen LogP contribution in [0.25, 0.3) is 0 Å². The zero-order chi connectivity index (χ0) is 12.8. The van der Waals surface area contributed by atoms with Gasteiger partial charge in [0.15, 0.2) is 0 Å². The Morgan fingerprint density at radius 1 is 1.39 bits per heavy atom. The van der Waals surface area contributed by atoms with Crippen molar-refractivity contribution in [1.29, 1.82) is 0 Å². The van der Waals surface area contributed by atoms with Crippen LogP contribution in [0.5, 0.6) is 5.88 Å². The molecule has 1 saturated carbocycles. The average molecular weight is 251 g/mol. The summed E-state index contributed by atoms with van der Waals surface area (Å²) in [5.74, 6) is 1.22. The minimum Gasteiger partial charge on any atom is -0.479 e. The van der Waals surface area contributed by atoms with Crippen LogP contribution in [0.4, 0.5) is 11.5 Å². The number of rotatable bonds is 6. The molecular formula is C13H21N3O2. The summed E-state index contributed by atoms with van der Waals surface area (Å²) in [6.07, 6.45) is 5.46. The van der Waals surface area contributed by atoms with Crippen LogP contribution in [0.1, 0.15) is 25.7 Å². The Labute approximate surface area is 108 Å². The largest absolute Gasteiger partial charge is 0.479 e. The minimum atomic E-state index is 0.455. The molecule has 0 saturated heterocycles. The van der Waals surface area contributed by atoms with Gasteiger partial charge in [-0.3, -0.25) is 0 Å². The first-order valence-electron chi connectivity index (χ1n) is 6.45. The van der Waals surface area contributed by atoms with Crippen molar-refractivity contribution < 1.29 is 9.47 Å². The first kappa shape index (κ1) is 13.0. The van der Waals surface area contributed by atoms with Gasteiger partial charge in [-0.2, -0.15) is 4.98 Å². The van der Waals surface area contributed by atoms with Crippen molar-refractivity contribution in [3.8, 4) is 5.88 Å². The van der Waals surface area contributed by atoms with Crippen LogP contribution in [0.2, 0.25) is 0 Å². The summed E-state index contributed by atoms with van der Waals surface area (Å²) in [6.45, 7) is 1.45. The maximum atomic E-state index is 5.76. The summed E-state index contributed by atoms with van der Waals surface area (Å²) < 4.78 is 10.8. The Balaban J connectivity index is 1.72. The number of hydrogen-bond acceptors (Lipinski definition) is 5. The molecule has 1 aliphatic carbocycles. The number of nitrogens with one attached hydrogen (secondary N) is 1. The highest BCUT2D eigenvalue weighted by atomic mass is 16.5. The Morgan fingerprint density at radius 3 is 2.89 bits per heavy atom. The molecule has 0 spiro atoms. The zero-order valence-corrected chi connectivity index (χ0v) is 10.8. The van der Waals surface area contributed by atoms with Crippen LogP contribution in [-0.4, -0.2) is 31.3 Å². The van der Waals surface area contributed by atoms with Crippen molar-refractivity contribution in [1.82, 2.24) is 4.98 Å². The van der Waals surface area contributed by atoms with Gasteiger partial charge in [-0.25, -0.2) is 0 Å². The van der Waals surface area contributed by atoms with E-state index >= 15 is 0 Å². The van der Waals surface area contributed by atoms with Crippen LogP contribution < -0.4 is 15.8 Å². The molecule has 3 N–H and O–H groups in total. The number of pyridine rings is 1. The molecule has 0 radical (unpaired) electrons. The van der Waals surface area contributed by atoms with Crippen molar-refractivity contribution in [2.45, 2.75) is 31.8 Å². The molecule has 0 bridgehead atoms. The Hall–Kier alpha value is -1.49. The van der Waals surface area contributed by atoms with E-state index in [0.29, 0.717) is 24.3 Å². The number of anilines is 2. The SMILES string of the molecule is COc1nc(NCCOC2CCCC2)ccc1N. The highest BCUT2D eigenvalue weighted by molar-refractivity contribution is 5.53. The fraction of sp³-hybridized carbons (Fsp3) is 0.615. The van der Waals surface area contributed by atoms with Crippen molar-refractivity contribution in [2.75, 3.05) is 31.3 Å². The van der Waals surface area contributed by atoms with E-state index in [-0.39, 0.29) is 0 Å². The molecule has 1 aromatic heterocycles. The third-order valence-electron chi connectivity index (χ3n) is 3.15. The lowest BCUT2D eigenvalue weighted by Gasteiger charge is -2.12. The smallest absolute Gasteiger partial charge is 0.238 e. The van der Waals surface area contributed by atoms with E-state index in [4.69, 9.17) is 15.2 Å². The molecule has 1 aromatic rings. The molecule has 0 unspecified atom stereocenters. The molecule has 5 heteroatoms. The Bertz CT molecular complexity index is 378. The van der Waals surface area contributed by atoms with Gasteiger partial charge in [-0.05, 0) is 25.0 Å². The van der Waals surface area contributed by atoms with Crippen molar-refractivity contribution in [3.05, 3.63) is 12.1 Å². The number of nitrogens with two attached hydrogens (primary N) is 1. The zero-order valence-electron chi connectivity index (χ0n) is 10.8. The summed E-state index contributed by atoms with van der Waals surface area (Å²) in [7, 11) is 1.56. The van der Waals surface area contributed by atoms with Crippen LogP contribution in [0.15, 0.2) is 12.1 Å². The monoisotopic (exact) mass is 251 g/mol. The van der Waals surface area contributed by atoms with Gasteiger partial charge in [0.25, 0.3) is 0 Å². The molecule has 0 amide bonds. The number of nitrogen functional groups attached to an aromatic ring is 1. The minimum absolute atomic E-state index is 0.455. The second-order valence-corrected chi connectivity index (χ2v) is 4.50. The molecule has 0 atom stereocenters. The molecule has 0 aromatic carbocycles. The van der Waals surface area contributed by atoms with E-state index in [1.54, 1.807) is 13.2 Å². The van der Waals surface area contributed by atoms with Crippen molar-refractivity contribution in [3.63, 3.8) is 0 Å². The number of nitrogens with zero attached hydrogens (tertiary/aromatic N) is 1. The number of methoxy groups -OCH3 is 1. The standard InChI is InChI=1S/C13H21N3O2/c1-17-13-11(14)6-7-12(16-13)15-8-9-18-10-4-2-3-5-10/h6-7,10H,2-5,8-9,14H2,1H3,(H,15,16). The quantitative estimate of drug-likeness (QED) is 0.757. The molecule has 1 aliphatic rings. The van der Waals surface area contributed by atoms with Crippen LogP contribution >= 0.6 is 0 Å². The number of ether oxygens (including phenoxy) is 2. The van der Waals surface area contributed by atoms with E-state index in [1.165, 1.54) is 25.7 Å². The molecular weight excluding hydrogens is 230 g/mol. The normalized spacial score (nSPS) is 15.8. The van der Waals surface area contributed by atoms with Gasteiger partial charge in [0.1, 0.15) is 5.82 Å². The second-order valence-electron chi connectivity index (χ2n) is 4.50. The topological polar surface area (TPSA) is 69.4 Å². The van der Waals surface area contributed by atoms with Crippen molar-refractivity contribution >= 4 is 11.5 Å².